The molecule has 2 heterocycles. The van der Waals surface area contributed by atoms with Crippen molar-refractivity contribution in [2.45, 2.75) is 87.7 Å². The zero-order valence-electron chi connectivity index (χ0n) is 23.5. The smallest absolute Gasteiger partial charge is 0.410 e. The Kier molecular flexibility index (Phi) is 9.08. The molecule has 11 nitrogen and oxygen atoms in total. The second-order valence-corrected chi connectivity index (χ2v) is 14.1. The lowest BCUT2D eigenvalue weighted by atomic mass is 9.78. The number of likely N-dealkylation sites (N-methyl/N-ethyl adjacent to an activating group) is 1. The molecule has 2 fully saturated rings. The predicted molar refractivity (Wildman–Crippen MR) is 153 cm³/mol. The van der Waals surface area contributed by atoms with E-state index in [2.05, 4.69) is 19.9 Å². The van der Waals surface area contributed by atoms with E-state index in [4.69, 9.17) is 15.2 Å². The highest BCUT2D eigenvalue weighted by atomic mass is 32.2. The molecule has 220 valence electrons. The number of nitrogens with one attached hydrogen (secondary N) is 2. The van der Waals surface area contributed by atoms with Gasteiger partial charge in [0.15, 0.2) is 5.75 Å². The van der Waals surface area contributed by atoms with Gasteiger partial charge in [-0.3, -0.25) is 0 Å². The van der Waals surface area contributed by atoms with E-state index in [1.807, 2.05) is 7.05 Å². The molecule has 40 heavy (non-hydrogen) atoms. The van der Waals surface area contributed by atoms with E-state index in [-0.39, 0.29) is 16.7 Å². The molecule has 0 bridgehead atoms. The van der Waals surface area contributed by atoms with E-state index in [1.165, 1.54) is 17.4 Å². The molecule has 1 saturated heterocycles. The van der Waals surface area contributed by atoms with Gasteiger partial charge in [0, 0.05) is 17.1 Å². The first-order chi connectivity index (χ1) is 18.8. The molecule has 0 radical (unpaired) electrons. The maximum Gasteiger partial charge on any atom is 0.410 e. The Hall–Kier alpha value is -2.74. The minimum atomic E-state index is -4.19. The van der Waals surface area contributed by atoms with E-state index in [0.717, 1.165) is 38.6 Å². The van der Waals surface area contributed by atoms with Crippen LogP contribution in [0.15, 0.2) is 28.6 Å². The molecule has 2 aliphatic rings. The SMILES string of the molecule is CN1CCC[C@H]1COC(=O)NC1(c2ncsc2-c2cccc(OC(N)=O)c2S(=O)(=O)NC(C)(C)C)CCCCC1. The Morgan fingerprint density at radius 3 is 2.55 bits per heavy atom. The maximum absolute atomic E-state index is 13.7. The zero-order valence-corrected chi connectivity index (χ0v) is 25.1. The van der Waals surface area contributed by atoms with E-state index in [1.54, 1.807) is 38.4 Å². The number of hydrogen-bond donors (Lipinski definition) is 3. The second kappa shape index (κ2) is 12.0. The molecular formula is C27H39N5O6S2. The van der Waals surface area contributed by atoms with E-state index in [0.29, 0.717) is 35.6 Å². The average molecular weight is 594 g/mol. The van der Waals surface area contributed by atoms with Gasteiger partial charge in [0.05, 0.1) is 21.6 Å². The average Bonchev–Trinajstić information content (AvgIpc) is 3.51. The molecule has 1 aromatic carbocycles. The van der Waals surface area contributed by atoms with Crippen molar-refractivity contribution in [1.29, 1.82) is 0 Å². The molecule has 2 aromatic rings. The maximum atomic E-state index is 13.7. The third-order valence-electron chi connectivity index (χ3n) is 7.29. The number of alkyl carbamates (subject to hydrolysis) is 1. The summed E-state index contributed by atoms with van der Waals surface area (Å²) in [4.78, 5) is 32.0. The standard InChI is InChI=1S/C27H39N5O6S2/c1-26(2,3)31-40(35,36)22-19(11-8-12-20(22)38-24(28)33)21-23(29-17-39-21)27(13-6-5-7-14-27)30-25(34)37-16-18-10-9-15-32(18)4/h8,11-12,17-18,31H,5-7,9-10,13-16H2,1-4H3,(H2,28,33)(H,30,34)/t18-/m0/s1. The first-order valence-electron chi connectivity index (χ1n) is 13.6. The highest BCUT2D eigenvalue weighted by molar-refractivity contribution is 7.89. The number of thiazole rings is 1. The Labute approximate surface area is 239 Å². The van der Waals surface area contributed by atoms with Gasteiger partial charge < -0.3 is 25.4 Å². The monoisotopic (exact) mass is 593 g/mol. The van der Waals surface area contributed by atoms with Gasteiger partial charge in [-0.25, -0.2) is 27.7 Å². The zero-order chi connectivity index (χ0) is 29.1. The highest BCUT2D eigenvalue weighted by Crippen LogP contribution is 2.46. The molecule has 1 atom stereocenters. The number of nitrogens with zero attached hydrogens (tertiary/aromatic N) is 2. The molecule has 2 amide bonds. The quantitative estimate of drug-likeness (QED) is 0.409. The van der Waals surface area contributed by atoms with Crippen LogP contribution < -0.4 is 20.5 Å². The molecular weight excluding hydrogens is 554 g/mol. The minimum Gasteiger partial charge on any atom is -0.448 e. The minimum absolute atomic E-state index is 0.188. The number of sulfonamides is 1. The van der Waals surface area contributed by atoms with Gasteiger partial charge in [0.25, 0.3) is 0 Å². The van der Waals surface area contributed by atoms with Gasteiger partial charge in [0.1, 0.15) is 11.5 Å². The number of carbonyl (C=O) groups is 2. The number of benzene rings is 1. The van der Waals surface area contributed by atoms with Gasteiger partial charge in [-0.05, 0) is 66.1 Å². The van der Waals surface area contributed by atoms with Crippen LogP contribution in [0, 0.1) is 0 Å². The topological polar surface area (TPSA) is 153 Å². The molecule has 4 rings (SSSR count). The lowest BCUT2D eigenvalue weighted by Crippen LogP contribution is -2.48. The summed E-state index contributed by atoms with van der Waals surface area (Å²) < 4.78 is 40.9. The van der Waals surface area contributed by atoms with Crippen LogP contribution in [-0.4, -0.2) is 62.3 Å². The number of nitrogens with two attached hydrogens (primary N) is 1. The molecule has 0 spiro atoms. The summed E-state index contributed by atoms with van der Waals surface area (Å²) in [5, 5.41) is 3.12. The molecule has 13 heteroatoms. The molecule has 1 aliphatic heterocycles. The number of hydrogen-bond acceptors (Lipinski definition) is 9. The summed E-state index contributed by atoms with van der Waals surface area (Å²) in [6.45, 7) is 6.44. The van der Waals surface area contributed by atoms with Crippen LogP contribution in [0.1, 0.15) is 71.4 Å². The lowest BCUT2D eigenvalue weighted by Gasteiger charge is -2.37. The number of likely N-dealkylation sites (tertiary alicyclic amines) is 1. The third-order valence-corrected chi connectivity index (χ3v) is 9.99. The van der Waals surface area contributed by atoms with Crippen molar-refractivity contribution < 1.29 is 27.5 Å². The predicted octanol–water partition coefficient (Wildman–Crippen LogP) is 4.32. The fraction of sp³-hybridized carbons (Fsp3) is 0.593. The Morgan fingerprint density at radius 1 is 1.20 bits per heavy atom. The summed E-state index contributed by atoms with van der Waals surface area (Å²) in [7, 11) is -2.16. The van der Waals surface area contributed by atoms with Crippen molar-refractivity contribution in [2.75, 3.05) is 20.2 Å². The van der Waals surface area contributed by atoms with Gasteiger partial charge in [-0.2, -0.15) is 0 Å². The van der Waals surface area contributed by atoms with Crippen molar-refractivity contribution in [1.82, 2.24) is 19.9 Å². The van der Waals surface area contributed by atoms with Crippen molar-refractivity contribution in [3.63, 3.8) is 0 Å². The van der Waals surface area contributed by atoms with Crippen molar-refractivity contribution in [3.8, 4) is 16.2 Å². The van der Waals surface area contributed by atoms with Crippen LogP contribution in [-0.2, 0) is 20.3 Å². The van der Waals surface area contributed by atoms with Gasteiger partial charge >= 0.3 is 12.2 Å². The van der Waals surface area contributed by atoms with E-state index >= 15 is 0 Å². The Morgan fingerprint density at radius 2 is 1.93 bits per heavy atom. The number of carbonyl (C=O) groups excluding carboxylic acids is 2. The second-order valence-electron chi connectivity index (χ2n) is 11.6. The molecule has 1 aliphatic carbocycles. The van der Waals surface area contributed by atoms with Crippen LogP contribution in [0.2, 0.25) is 0 Å². The normalized spacial score (nSPS) is 19.8. The van der Waals surface area contributed by atoms with Crippen LogP contribution in [0.25, 0.3) is 10.4 Å². The highest BCUT2D eigenvalue weighted by Gasteiger charge is 2.41. The Bertz CT molecular complexity index is 1330. The van der Waals surface area contributed by atoms with Gasteiger partial charge in [-0.15, -0.1) is 11.3 Å². The van der Waals surface area contributed by atoms with Crippen molar-refractivity contribution >= 4 is 33.5 Å². The first kappa shape index (κ1) is 30.2. The van der Waals surface area contributed by atoms with E-state index in [9.17, 15) is 18.0 Å². The molecule has 0 unspecified atom stereocenters. The summed E-state index contributed by atoms with van der Waals surface area (Å²) in [5.74, 6) is -0.188. The number of rotatable bonds is 8. The summed E-state index contributed by atoms with van der Waals surface area (Å²) >= 11 is 1.26. The third kappa shape index (κ3) is 6.93. The fourth-order valence-corrected chi connectivity index (χ4v) is 8.29. The largest absolute Gasteiger partial charge is 0.448 e. The van der Waals surface area contributed by atoms with E-state index < -0.39 is 33.3 Å². The number of ether oxygens (including phenoxy) is 2. The molecule has 4 N–H and O–H groups in total. The lowest BCUT2D eigenvalue weighted by molar-refractivity contribution is 0.0982. The van der Waals surface area contributed by atoms with Crippen LogP contribution >= 0.6 is 11.3 Å². The number of amides is 2. The van der Waals surface area contributed by atoms with Crippen molar-refractivity contribution in [2.24, 2.45) is 5.73 Å². The number of primary amides is 1. The Balaban J connectivity index is 1.75. The fourth-order valence-electron chi connectivity index (χ4n) is 5.56. The summed E-state index contributed by atoms with van der Waals surface area (Å²) in [6.07, 6.45) is 4.41. The van der Waals surface area contributed by atoms with Gasteiger partial charge in [0.2, 0.25) is 10.0 Å². The first-order valence-corrected chi connectivity index (χ1v) is 15.9. The van der Waals surface area contributed by atoms with Gasteiger partial charge in [-0.1, -0.05) is 31.4 Å². The summed E-state index contributed by atoms with van der Waals surface area (Å²) in [6, 6.07) is 4.82. The molecule has 1 aromatic heterocycles. The van der Waals surface area contributed by atoms with Crippen LogP contribution in [0.4, 0.5) is 9.59 Å². The summed E-state index contributed by atoms with van der Waals surface area (Å²) in [5.41, 5.74) is 6.14. The number of aromatic nitrogens is 1. The van der Waals surface area contributed by atoms with Crippen molar-refractivity contribution in [3.05, 3.63) is 29.4 Å². The van der Waals surface area contributed by atoms with Crippen LogP contribution in [0.5, 0.6) is 5.75 Å². The van der Waals surface area contributed by atoms with Crippen LogP contribution in [0.3, 0.4) is 0 Å². The molecule has 1 saturated carbocycles.